The Labute approximate surface area is 121 Å². The zero-order valence-corrected chi connectivity index (χ0v) is 12.1. The van der Waals surface area contributed by atoms with Crippen molar-refractivity contribution in [3.05, 3.63) is 29.8 Å². The summed E-state index contributed by atoms with van der Waals surface area (Å²) in [5, 5.41) is 19.7. The Bertz CT molecular complexity index is 611. The first kappa shape index (κ1) is 17.1. The molecule has 9 heteroatoms. The average Bonchev–Trinajstić information content (AvgIpc) is 2.44. The minimum atomic E-state index is -3.59. The molecule has 0 aromatic heterocycles. The van der Waals surface area contributed by atoms with E-state index in [9.17, 15) is 18.0 Å². The molecule has 8 nitrogen and oxygen atoms in total. The van der Waals surface area contributed by atoms with Gasteiger partial charge in [-0.1, -0.05) is 6.92 Å². The number of hydrogen-bond acceptors (Lipinski definition) is 5. The molecule has 0 heterocycles. The molecule has 1 rings (SSSR count). The van der Waals surface area contributed by atoms with Crippen LogP contribution in [0.3, 0.4) is 0 Å². The number of nitrogens with one attached hydrogen (secondary N) is 2. The molecule has 0 fully saturated rings. The molecule has 0 radical (unpaired) electrons. The third-order valence-corrected chi connectivity index (χ3v) is 4.06. The molecule has 1 aromatic rings. The number of carbonyl (C=O) groups excluding carboxylic acids is 1. The maximum atomic E-state index is 11.7. The summed E-state index contributed by atoms with van der Waals surface area (Å²) in [6.45, 7) is 1.45. The Hall–Kier alpha value is -1.97. The van der Waals surface area contributed by atoms with E-state index < -0.39 is 34.5 Å². The lowest BCUT2D eigenvalue weighted by Gasteiger charge is -2.08. The highest BCUT2D eigenvalue weighted by molar-refractivity contribution is 7.89. The van der Waals surface area contributed by atoms with Crippen LogP contribution in [0.4, 0.5) is 0 Å². The van der Waals surface area contributed by atoms with E-state index in [1.165, 1.54) is 24.3 Å². The van der Waals surface area contributed by atoms with Crippen LogP contribution in [0, 0.1) is 0 Å². The van der Waals surface area contributed by atoms with Crippen LogP contribution in [-0.4, -0.2) is 49.7 Å². The van der Waals surface area contributed by atoms with Crippen molar-refractivity contribution < 1.29 is 28.2 Å². The van der Waals surface area contributed by atoms with Crippen molar-refractivity contribution in [2.75, 3.05) is 13.1 Å². The highest BCUT2D eigenvalue weighted by Crippen LogP contribution is 2.10. The monoisotopic (exact) mass is 316 g/mol. The van der Waals surface area contributed by atoms with Crippen molar-refractivity contribution >= 4 is 21.9 Å². The molecule has 0 bridgehead atoms. The Morgan fingerprint density at radius 3 is 2.29 bits per heavy atom. The lowest BCUT2D eigenvalue weighted by Crippen LogP contribution is -2.36. The van der Waals surface area contributed by atoms with Gasteiger partial charge in [-0.25, -0.2) is 17.9 Å². The lowest BCUT2D eigenvalue weighted by atomic mass is 10.2. The lowest BCUT2D eigenvalue weighted by molar-refractivity contribution is -0.146. The first-order valence-electron chi connectivity index (χ1n) is 6.06. The summed E-state index contributed by atoms with van der Waals surface area (Å²) in [5.74, 6) is -2.05. The first-order valence-corrected chi connectivity index (χ1v) is 7.55. The molecule has 1 amide bonds. The summed E-state index contributed by atoms with van der Waals surface area (Å²) in [6, 6.07) is 5.13. The van der Waals surface area contributed by atoms with Gasteiger partial charge in [0, 0.05) is 12.1 Å². The van der Waals surface area contributed by atoms with Gasteiger partial charge in [0.05, 0.1) is 11.4 Å². The summed E-state index contributed by atoms with van der Waals surface area (Å²) >= 11 is 0. The molecule has 21 heavy (non-hydrogen) atoms. The zero-order valence-electron chi connectivity index (χ0n) is 11.2. The normalized spacial score (nSPS) is 12.7. The van der Waals surface area contributed by atoms with Crippen LogP contribution in [0.2, 0.25) is 0 Å². The minimum absolute atomic E-state index is 0.0199. The summed E-state index contributed by atoms with van der Waals surface area (Å²) in [4.78, 5) is 22.1. The quantitative estimate of drug-likeness (QED) is 0.518. The smallest absolute Gasteiger partial charge is 0.334 e. The van der Waals surface area contributed by atoms with Gasteiger partial charge in [0.15, 0.2) is 6.10 Å². The summed E-state index contributed by atoms with van der Waals surface area (Å²) in [7, 11) is -3.59. The van der Waals surface area contributed by atoms with Crippen LogP contribution < -0.4 is 10.0 Å². The Balaban J connectivity index is 2.74. The molecule has 0 saturated carbocycles. The second kappa shape index (κ2) is 7.16. The first-order chi connectivity index (χ1) is 9.77. The van der Waals surface area contributed by atoms with Gasteiger partial charge in [-0.3, -0.25) is 4.79 Å². The van der Waals surface area contributed by atoms with Crippen LogP contribution in [0.25, 0.3) is 0 Å². The van der Waals surface area contributed by atoms with Gasteiger partial charge in [-0.15, -0.1) is 0 Å². The standard InChI is InChI=1S/C12H16N2O6S/c1-2-14-21(19,20)9-5-3-8(4-6-9)11(16)13-7-10(15)12(17)18/h3-6,10,14-15H,2,7H2,1H3,(H,13,16)(H,17,18)/t10-/m0/s1. The number of carboxylic acid groups (broad SMARTS) is 1. The Morgan fingerprint density at radius 1 is 1.24 bits per heavy atom. The van der Waals surface area contributed by atoms with Crippen LogP contribution in [-0.2, 0) is 14.8 Å². The third kappa shape index (κ3) is 4.81. The number of rotatable bonds is 7. The van der Waals surface area contributed by atoms with Crippen LogP contribution in [0.15, 0.2) is 29.2 Å². The molecule has 0 aliphatic carbocycles. The maximum absolute atomic E-state index is 11.7. The molecule has 0 aliphatic heterocycles. The molecule has 1 atom stereocenters. The van der Waals surface area contributed by atoms with E-state index in [-0.39, 0.29) is 17.0 Å². The van der Waals surface area contributed by atoms with Gasteiger partial charge in [-0.2, -0.15) is 0 Å². The van der Waals surface area contributed by atoms with Crippen molar-refractivity contribution in [2.45, 2.75) is 17.9 Å². The summed E-state index contributed by atoms with van der Waals surface area (Å²) < 4.78 is 25.7. The molecule has 1 aromatic carbocycles. The summed E-state index contributed by atoms with van der Waals surface area (Å²) in [6.07, 6.45) is -1.69. The Kier molecular flexibility index (Phi) is 5.82. The van der Waals surface area contributed by atoms with Gasteiger partial charge < -0.3 is 15.5 Å². The number of aliphatic hydroxyl groups excluding tert-OH is 1. The van der Waals surface area contributed by atoms with Crippen LogP contribution in [0.5, 0.6) is 0 Å². The number of aliphatic hydroxyl groups is 1. The van der Waals surface area contributed by atoms with Crippen LogP contribution in [0.1, 0.15) is 17.3 Å². The number of aliphatic carboxylic acids is 1. The van der Waals surface area contributed by atoms with E-state index in [1.807, 2.05) is 0 Å². The zero-order chi connectivity index (χ0) is 16.0. The minimum Gasteiger partial charge on any atom is -0.479 e. The van der Waals surface area contributed by atoms with E-state index >= 15 is 0 Å². The highest BCUT2D eigenvalue weighted by atomic mass is 32.2. The molecule has 0 spiro atoms. The van der Waals surface area contributed by atoms with E-state index in [4.69, 9.17) is 10.2 Å². The van der Waals surface area contributed by atoms with E-state index in [1.54, 1.807) is 6.92 Å². The van der Waals surface area contributed by atoms with E-state index in [0.29, 0.717) is 0 Å². The van der Waals surface area contributed by atoms with E-state index in [2.05, 4.69) is 10.0 Å². The van der Waals surface area contributed by atoms with Crippen molar-refractivity contribution in [1.82, 2.24) is 10.0 Å². The Morgan fingerprint density at radius 2 is 1.81 bits per heavy atom. The predicted molar refractivity (Wildman–Crippen MR) is 73.3 cm³/mol. The number of carbonyl (C=O) groups is 2. The topological polar surface area (TPSA) is 133 Å². The fourth-order valence-corrected chi connectivity index (χ4v) is 2.48. The molecule has 0 saturated heterocycles. The van der Waals surface area contributed by atoms with Gasteiger partial charge in [0.1, 0.15) is 0 Å². The van der Waals surface area contributed by atoms with Crippen molar-refractivity contribution in [3.8, 4) is 0 Å². The molecular formula is C12H16N2O6S. The van der Waals surface area contributed by atoms with E-state index in [0.717, 1.165) is 0 Å². The number of amides is 1. The highest BCUT2D eigenvalue weighted by Gasteiger charge is 2.16. The fraction of sp³-hybridized carbons (Fsp3) is 0.333. The fourth-order valence-electron chi connectivity index (χ4n) is 1.44. The number of benzene rings is 1. The van der Waals surface area contributed by atoms with Crippen LogP contribution >= 0.6 is 0 Å². The molecule has 0 unspecified atom stereocenters. The molecule has 116 valence electrons. The van der Waals surface area contributed by atoms with Crippen molar-refractivity contribution in [2.24, 2.45) is 0 Å². The SMILES string of the molecule is CCNS(=O)(=O)c1ccc(C(=O)NC[C@H](O)C(=O)O)cc1. The van der Waals surface area contributed by atoms with Gasteiger partial charge >= 0.3 is 5.97 Å². The maximum Gasteiger partial charge on any atom is 0.334 e. The van der Waals surface area contributed by atoms with Crippen molar-refractivity contribution in [3.63, 3.8) is 0 Å². The van der Waals surface area contributed by atoms with Crippen molar-refractivity contribution in [1.29, 1.82) is 0 Å². The predicted octanol–water partition coefficient (Wildman–Crippen LogP) is -0.840. The van der Waals surface area contributed by atoms with Gasteiger partial charge in [0.25, 0.3) is 5.91 Å². The number of hydrogen-bond donors (Lipinski definition) is 4. The van der Waals surface area contributed by atoms with Gasteiger partial charge in [-0.05, 0) is 24.3 Å². The average molecular weight is 316 g/mol. The van der Waals surface area contributed by atoms with Gasteiger partial charge in [0.2, 0.25) is 10.0 Å². The summed E-state index contributed by atoms with van der Waals surface area (Å²) in [5.41, 5.74) is 0.156. The second-order valence-corrected chi connectivity index (χ2v) is 5.86. The number of carboxylic acids is 1. The molecule has 4 N–H and O–H groups in total. The number of sulfonamides is 1. The second-order valence-electron chi connectivity index (χ2n) is 4.09. The molecular weight excluding hydrogens is 300 g/mol. The third-order valence-electron chi connectivity index (χ3n) is 2.50. The molecule has 0 aliphatic rings. The largest absolute Gasteiger partial charge is 0.479 e.